The van der Waals surface area contributed by atoms with Gasteiger partial charge in [-0.15, -0.1) is 0 Å². The van der Waals surface area contributed by atoms with Gasteiger partial charge in [-0.2, -0.15) is 5.26 Å². The van der Waals surface area contributed by atoms with Gasteiger partial charge in [-0.1, -0.05) is 33.8 Å². The molecule has 10 heteroatoms. The van der Waals surface area contributed by atoms with Crippen LogP contribution in [0.1, 0.15) is 79.6 Å². The first-order valence-corrected chi connectivity index (χ1v) is 15.6. The van der Waals surface area contributed by atoms with Gasteiger partial charge >= 0.3 is 12.1 Å². The summed E-state index contributed by atoms with van der Waals surface area (Å²) in [5, 5.41) is 20.8. The predicted molar refractivity (Wildman–Crippen MR) is 151 cm³/mol. The summed E-state index contributed by atoms with van der Waals surface area (Å²) < 4.78 is 50.4. The summed E-state index contributed by atoms with van der Waals surface area (Å²) in [6, 6.07) is 1.76. The van der Waals surface area contributed by atoms with Gasteiger partial charge in [0.2, 0.25) is 5.60 Å². The van der Waals surface area contributed by atoms with Crippen LogP contribution >= 0.6 is 0 Å². The average molecular weight is 604 g/mol. The number of nitriles is 1. The Bertz CT molecular complexity index is 1270. The number of carbonyl (C=O) groups is 3. The van der Waals surface area contributed by atoms with Crippen LogP contribution in [-0.2, 0) is 23.8 Å². The second-order valence-corrected chi connectivity index (χ2v) is 14.2. The first-order chi connectivity index (χ1) is 20.2. The van der Waals surface area contributed by atoms with E-state index >= 15 is 8.78 Å². The van der Waals surface area contributed by atoms with Crippen molar-refractivity contribution in [3.05, 3.63) is 23.8 Å². The molecule has 0 bridgehead atoms. The number of halogens is 2. The van der Waals surface area contributed by atoms with Crippen LogP contribution in [0.5, 0.6) is 0 Å². The highest BCUT2D eigenvalue weighted by Gasteiger charge is 2.79. The van der Waals surface area contributed by atoms with E-state index in [0.717, 1.165) is 18.9 Å². The maximum Gasteiger partial charge on any atom is 0.509 e. The standard InChI is InChI=1S/C33H43F2NO7/c1-18(2)20-6-8-22(9-7-20)42-29(40)43-33(28(39)41-13-12-36)19(3)14-23-24-16-26(34)25-15-21(37)10-11-30(25,4)32(24,35)27(38)17-31(23,33)5/h10-11,15,18-20,22-24,26-27,38H,6-9,13-14,16-17H2,1-5H3/t19-,20?,22?,23+,24+,26+,27+,30+,31+,32?,33-/m1/s1. The van der Waals surface area contributed by atoms with Crippen LogP contribution in [0.3, 0.4) is 0 Å². The monoisotopic (exact) mass is 603 g/mol. The minimum atomic E-state index is -2.36. The van der Waals surface area contributed by atoms with Gasteiger partial charge in [0.15, 0.2) is 18.1 Å². The zero-order valence-electron chi connectivity index (χ0n) is 25.6. The van der Waals surface area contributed by atoms with Gasteiger partial charge in [-0.05, 0) is 87.3 Å². The number of alkyl halides is 2. The van der Waals surface area contributed by atoms with Crippen molar-refractivity contribution < 1.29 is 42.5 Å². The van der Waals surface area contributed by atoms with Crippen molar-refractivity contribution in [2.75, 3.05) is 6.61 Å². The molecule has 5 aliphatic rings. The molecular formula is C33H43F2NO7. The molecule has 0 radical (unpaired) electrons. The van der Waals surface area contributed by atoms with Gasteiger partial charge in [0.25, 0.3) is 0 Å². The van der Waals surface area contributed by atoms with E-state index in [1.807, 2.05) is 0 Å². The molecule has 0 aromatic rings. The molecule has 0 aromatic carbocycles. The van der Waals surface area contributed by atoms with E-state index in [2.05, 4.69) is 13.8 Å². The highest BCUT2D eigenvalue weighted by atomic mass is 19.1. The number of ether oxygens (including phenoxy) is 3. The van der Waals surface area contributed by atoms with Crippen LogP contribution in [0, 0.1) is 51.8 Å². The van der Waals surface area contributed by atoms with Crippen molar-refractivity contribution >= 4 is 17.9 Å². The lowest BCUT2D eigenvalue weighted by Crippen LogP contribution is -2.71. The van der Waals surface area contributed by atoms with Crippen LogP contribution in [0.25, 0.3) is 0 Å². The summed E-state index contributed by atoms with van der Waals surface area (Å²) in [7, 11) is 0. The number of nitrogens with zero attached hydrogens (tertiary/aromatic N) is 1. The smallest absolute Gasteiger partial charge is 0.447 e. The molecule has 4 fully saturated rings. The number of aliphatic hydroxyl groups excluding tert-OH is 1. The van der Waals surface area contributed by atoms with Gasteiger partial charge in [0, 0.05) is 22.7 Å². The Balaban J connectivity index is 1.50. The summed E-state index contributed by atoms with van der Waals surface area (Å²) in [6.45, 7) is 8.58. The molecule has 1 N–H and O–H groups in total. The van der Waals surface area contributed by atoms with E-state index < -0.39 is 76.6 Å². The Morgan fingerprint density at radius 2 is 1.84 bits per heavy atom. The van der Waals surface area contributed by atoms with Crippen LogP contribution in [0.15, 0.2) is 23.8 Å². The fourth-order valence-electron chi connectivity index (χ4n) is 9.59. The summed E-state index contributed by atoms with van der Waals surface area (Å²) in [5.74, 6) is -2.85. The molecule has 0 saturated heterocycles. The third-order valence-electron chi connectivity index (χ3n) is 11.9. The van der Waals surface area contributed by atoms with Gasteiger partial charge in [0.1, 0.15) is 18.3 Å². The SMILES string of the molecule is CC(C)C1CCC(OC(=O)O[C@@]2(C(=O)OCC#N)[C@H](C)C[C@H]3[C@@H]4C[C@H](F)C5=CC(=O)C=C[C@]5(C)C4(F)[C@@H](O)C[C@@]32C)CC1. The number of esters is 1. The zero-order chi connectivity index (χ0) is 31.5. The van der Waals surface area contributed by atoms with E-state index in [-0.39, 0.29) is 30.9 Å². The third-order valence-corrected chi connectivity index (χ3v) is 11.9. The number of carbonyl (C=O) groups excluding carboxylic acids is 3. The van der Waals surface area contributed by atoms with Crippen LogP contribution < -0.4 is 0 Å². The molecule has 5 aliphatic carbocycles. The molecule has 236 valence electrons. The molecule has 8 nitrogen and oxygen atoms in total. The van der Waals surface area contributed by atoms with Crippen molar-refractivity contribution in [2.45, 2.75) is 109 Å². The topological polar surface area (TPSA) is 123 Å². The minimum absolute atomic E-state index is 0.000780. The second-order valence-electron chi connectivity index (χ2n) is 14.2. The van der Waals surface area contributed by atoms with E-state index in [1.165, 1.54) is 19.1 Å². The quantitative estimate of drug-likeness (QED) is 0.396. The Kier molecular flexibility index (Phi) is 8.07. The van der Waals surface area contributed by atoms with Gasteiger partial charge in [0.05, 0.1) is 6.10 Å². The lowest BCUT2D eigenvalue weighted by molar-refractivity contribution is -0.234. The number of ketones is 1. The Labute approximate surface area is 251 Å². The molecule has 5 rings (SSSR count). The molecule has 4 saturated carbocycles. The van der Waals surface area contributed by atoms with Gasteiger partial charge in [-0.3, -0.25) is 4.79 Å². The van der Waals surface area contributed by atoms with Gasteiger partial charge < -0.3 is 19.3 Å². The Morgan fingerprint density at radius 1 is 1.16 bits per heavy atom. The average Bonchev–Trinajstić information content (AvgIpc) is 3.16. The predicted octanol–water partition coefficient (Wildman–Crippen LogP) is 5.72. The van der Waals surface area contributed by atoms with Gasteiger partial charge in [-0.25, -0.2) is 18.4 Å². The molecule has 1 unspecified atom stereocenters. The van der Waals surface area contributed by atoms with Crippen LogP contribution in [0.4, 0.5) is 13.6 Å². The first-order valence-electron chi connectivity index (χ1n) is 15.6. The van der Waals surface area contributed by atoms with Crippen molar-refractivity contribution in [2.24, 2.45) is 40.4 Å². The Morgan fingerprint density at radius 3 is 2.47 bits per heavy atom. The highest BCUT2D eigenvalue weighted by Crippen LogP contribution is 2.71. The van der Waals surface area contributed by atoms with Crippen molar-refractivity contribution in [3.8, 4) is 6.07 Å². The maximum atomic E-state index is 17.6. The number of aliphatic hydroxyl groups is 1. The molecule has 0 heterocycles. The van der Waals surface area contributed by atoms with Crippen molar-refractivity contribution in [1.82, 2.24) is 0 Å². The van der Waals surface area contributed by atoms with Crippen LogP contribution in [-0.4, -0.2) is 59.3 Å². The molecule has 0 amide bonds. The number of hydrogen-bond donors (Lipinski definition) is 1. The van der Waals surface area contributed by atoms with Crippen LogP contribution in [0.2, 0.25) is 0 Å². The van der Waals surface area contributed by atoms with E-state index in [4.69, 9.17) is 19.5 Å². The number of hydrogen-bond acceptors (Lipinski definition) is 8. The lowest BCUT2D eigenvalue weighted by atomic mass is 9.44. The molecule has 9 atom stereocenters. The first kappa shape index (κ1) is 31.6. The fourth-order valence-corrected chi connectivity index (χ4v) is 9.59. The third kappa shape index (κ3) is 4.55. The van der Waals surface area contributed by atoms with E-state index in [1.54, 1.807) is 19.9 Å². The molecule has 0 spiro atoms. The van der Waals surface area contributed by atoms with Crippen molar-refractivity contribution in [1.29, 1.82) is 5.26 Å². The summed E-state index contributed by atoms with van der Waals surface area (Å²) in [6.07, 6.45) is 1.57. The van der Waals surface area contributed by atoms with Crippen molar-refractivity contribution in [3.63, 3.8) is 0 Å². The zero-order valence-corrected chi connectivity index (χ0v) is 25.6. The number of rotatable bonds is 5. The maximum absolute atomic E-state index is 17.6. The highest BCUT2D eigenvalue weighted by molar-refractivity contribution is 6.01. The molecular weight excluding hydrogens is 560 g/mol. The normalized spacial score (nSPS) is 45.3. The molecule has 0 aromatic heterocycles. The van der Waals surface area contributed by atoms with E-state index in [0.29, 0.717) is 24.7 Å². The lowest BCUT2D eigenvalue weighted by Gasteiger charge is -2.62. The Hall–Kier alpha value is -2.80. The fraction of sp³-hybridized carbons (Fsp3) is 0.758. The summed E-state index contributed by atoms with van der Waals surface area (Å²) in [4.78, 5) is 39.4. The van der Waals surface area contributed by atoms with E-state index in [9.17, 15) is 19.5 Å². The summed E-state index contributed by atoms with van der Waals surface area (Å²) in [5.41, 5.74) is -7.33. The largest absolute Gasteiger partial charge is 0.509 e. The molecule has 43 heavy (non-hydrogen) atoms. The second kappa shape index (κ2) is 11.0. The summed E-state index contributed by atoms with van der Waals surface area (Å²) >= 11 is 0. The molecule has 0 aliphatic heterocycles. The number of allylic oxidation sites excluding steroid dienone is 4. The number of fused-ring (bicyclic) bond motifs is 5. The minimum Gasteiger partial charge on any atom is -0.447 e.